The predicted molar refractivity (Wildman–Crippen MR) is 142 cm³/mol. The number of Topliss-reactive ketones (excluding diaryl/α,β-unsaturated/α-hetero) is 1. The van der Waals surface area contributed by atoms with Crippen LogP contribution < -0.4 is 0 Å². The highest BCUT2D eigenvalue weighted by Crippen LogP contribution is 2.14. The van der Waals surface area contributed by atoms with Crippen LogP contribution in [0.25, 0.3) is 0 Å². The standard InChI is InChI=1S/C29H52N2O/c1-3-5-7-9-11-13-15-17-19-22-28(32)23-21-26-31-27-25-30-29(31)24-20-18-16-14-12-10-8-6-4-2/h5-8H,3-4,9-27H2,1-2H3/b7-5+,8-6+. The average molecular weight is 445 g/mol. The maximum atomic E-state index is 12.2. The summed E-state index contributed by atoms with van der Waals surface area (Å²) in [5.41, 5.74) is 0. The molecule has 0 aromatic carbocycles. The van der Waals surface area contributed by atoms with Crippen LogP contribution in [0.1, 0.15) is 129 Å². The molecule has 1 rings (SSSR count). The Balaban J connectivity index is 1.97. The fourth-order valence-corrected chi connectivity index (χ4v) is 4.36. The van der Waals surface area contributed by atoms with Crippen LogP contribution in [0, 0.1) is 0 Å². The molecule has 0 amide bonds. The lowest BCUT2D eigenvalue weighted by Crippen LogP contribution is -2.29. The van der Waals surface area contributed by atoms with Crippen molar-refractivity contribution in [3.63, 3.8) is 0 Å². The maximum absolute atomic E-state index is 12.2. The zero-order chi connectivity index (χ0) is 23.1. The summed E-state index contributed by atoms with van der Waals surface area (Å²) in [6, 6.07) is 0. The highest BCUT2D eigenvalue weighted by atomic mass is 16.1. The lowest BCUT2D eigenvalue weighted by atomic mass is 10.0. The lowest BCUT2D eigenvalue weighted by molar-refractivity contribution is -0.119. The third-order valence-corrected chi connectivity index (χ3v) is 6.32. The van der Waals surface area contributed by atoms with E-state index in [-0.39, 0.29) is 0 Å². The maximum Gasteiger partial charge on any atom is 0.132 e. The van der Waals surface area contributed by atoms with Crippen LogP contribution in [0.2, 0.25) is 0 Å². The largest absolute Gasteiger partial charge is 0.359 e. The Kier molecular flexibility index (Phi) is 19.2. The van der Waals surface area contributed by atoms with Crippen molar-refractivity contribution in [2.24, 2.45) is 4.99 Å². The molecule has 1 aliphatic heterocycles. The molecule has 0 radical (unpaired) electrons. The number of unbranched alkanes of at least 4 members (excludes halogenated alkanes) is 10. The van der Waals surface area contributed by atoms with E-state index >= 15 is 0 Å². The van der Waals surface area contributed by atoms with Crippen molar-refractivity contribution in [3.8, 4) is 0 Å². The third kappa shape index (κ3) is 16.3. The monoisotopic (exact) mass is 444 g/mol. The molecule has 3 heteroatoms. The van der Waals surface area contributed by atoms with Gasteiger partial charge in [-0.1, -0.05) is 76.7 Å². The molecule has 0 spiro atoms. The number of hydrogen-bond acceptors (Lipinski definition) is 3. The number of allylic oxidation sites excluding steroid dienone is 4. The van der Waals surface area contributed by atoms with Gasteiger partial charge in [0, 0.05) is 32.4 Å². The fourth-order valence-electron chi connectivity index (χ4n) is 4.36. The van der Waals surface area contributed by atoms with E-state index < -0.39 is 0 Å². The van der Waals surface area contributed by atoms with Crippen molar-refractivity contribution in [2.45, 2.75) is 129 Å². The number of carbonyl (C=O) groups excluding carboxylic acids is 1. The molecular weight excluding hydrogens is 392 g/mol. The quantitative estimate of drug-likeness (QED) is 0.124. The van der Waals surface area contributed by atoms with Gasteiger partial charge in [-0.05, 0) is 57.8 Å². The summed E-state index contributed by atoms with van der Waals surface area (Å²) in [5, 5.41) is 0. The second-order valence-electron chi connectivity index (χ2n) is 9.30. The summed E-state index contributed by atoms with van der Waals surface area (Å²) in [7, 11) is 0. The van der Waals surface area contributed by atoms with Gasteiger partial charge in [-0.2, -0.15) is 0 Å². The second kappa shape index (κ2) is 21.5. The summed E-state index contributed by atoms with van der Waals surface area (Å²) < 4.78 is 0. The summed E-state index contributed by atoms with van der Waals surface area (Å²) in [4.78, 5) is 19.4. The lowest BCUT2D eigenvalue weighted by Gasteiger charge is -2.20. The number of carbonyl (C=O) groups is 1. The Morgan fingerprint density at radius 2 is 1.31 bits per heavy atom. The Morgan fingerprint density at radius 1 is 0.750 bits per heavy atom. The van der Waals surface area contributed by atoms with Gasteiger partial charge in [0.05, 0.1) is 12.4 Å². The number of amidine groups is 1. The molecule has 0 N–H and O–H groups in total. The van der Waals surface area contributed by atoms with Crippen LogP contribution in [0.3, 0.4) is 0 Å². The summed E-state index contributed by atoms with van der Waals surface area (Å²) in [6.07, 6.45) is 30.3. The normalized spacial score (nSPS) is 14.2. The molecule has 0 bridgehead atoms. The Morgan fingerprint density at radius 3 is 1.97 bits per heavy atom. The van der Waals surface area contributed by atoms with E-state index in [0.29, 0.717) is 5.78 Å². The molecule has 0 saturated heterocycles. The first kappa shape index (κ1) is 28.7. The zero-order valence-electron chi connectivity index (χ0n) is 21.5. The SMILES string of the molecule is CC/C=C/CCCCCCCC(=O)CCCN1CCN=C1CCCCCCC/C=C/CC. The Labute approximate surface area is 199 Å². The van der Waals surface area contributed by atoms with Crippen molar-refractivity contribution in [3.05, 3.63) is 24.3 Å². The highest BCUT2D eigenvalue weighted by molar-refractivity contribution is 5.83. The molecule has 184 valence electrons. The minimum Gasteiger partial charge on any atom is -0.359 e. The highest BCUT2D eigenvalue weighted by Gasteiger charge is 2.16. The van der Waals surface area contributed by atoms with Crippen LogP contribution in [-0.4, -0.2) is 36.2 Å². The predicted octanol–water partition coefficient (Wildman–Crippen LogP) is 8.44. The molecule has 0 fully saturated rings. The molecule has 1 aliphatic rings. The van der Waals surface area contributed by atoms with Gasteiger partial charge in [0.15, 0.2) is 0 Å². The molecule has 32 heavy (non-hydrogen) atoms. The average Bonchev–Trinajstić information content (AvgIpc) is 3.24. The summed E-state index contributed by atoms with van der Waals surface area (Å²) in [5.74, 6) is 1.76. The molecule has 0 aliphatic carbocycles. The Hall–Kier alpha value is -1.38. The van der Waals surface area contributed by atoms with Crippen LogP contribution in [0.4, 0.5) is 0 Å². The molecular formula is C29H52N2O. The molecule has 0 aromatic heterocycles. The molecule has 0 aromatic rings. The van der Waals surface area contributed by atoms with E-state index in [1.54, 1.807) is 0 Å². The summed E-state index contributed by atoms with van der Waals surface area (Å²) >= 11 is 0. The smallest absolute Gasteiger partial charge is 0.132 e. The topological polar surface area (TPSA) is 32.7 Å². The van der Waals surface area contributed by atoms with E-state index in [1.807, 2.05) is 0 Å². The van der Waals surface area contributed by atoms with E-state index in [1.165, 1.54) is 76.5 Å². The van der Waals surface area contributed by atoms with Gasteiger partial charge in [0.25, 0.3) is 0 Å². The number of nitrogens with zero attached hydrogens (tertiary/aromatic N) is 2. The first-order chi connectivity index (χ1) is 15.8. The van der Waals surface area contributed by atoms with Crippen LogP contribution in [0.5, 0.6) is 0 Å². The molecule has 0 saturated carbocycles. The van der Waals surface area contributed by atoms with Crippen LogP contribution in [0.15, 0.2) is 29.3 Å². The molecule has 3 nitrogen and oxygen atoms in total. The van der Waals surface area contributed by atoms with Crippen molar-refractivity contribution in [2.75, 3.05) is 19.6 Å². The van der Waals surface area contributed by atoms with Crippen molar-refractivity contribution < 1.29 is 4.79 Å². The van der Waals surface area contributed by atoms with Gasteiger partial charge in [-0.3, -0.25) is 9.79 Å². The van der Waals surface area contributed by atoms with Gasteiger partial charge >= 0.3 is 0 Å². The number of hydrogen-bond donors (Lipinski definition) is 0. The van der Waals surface area contributed by atoms with Gasteiger partial charge in [-0.25, -0.2) is 0 Å². The van der Waals surface area contributed by atoms with E-state index in [9.17, 15) is 4.79 Å². The first-order valence-electron chi connectivity index (χ1n) is 13.9. The van der Waals surface area contributed by atoms with Crippen LogP contribution in [-0.2, 0) is 4.79 Å². The Bertz CT molecular complexity index is 535. The third-order valence-electron chi connectivity index (χ3n) is 6.32. The fraction of sp³-hybridized carbons (Fsp3) is 0.793. The van der Waals surface area contributed by atoms with E-state index in [0.717, 1.165) is 64.6 Å². The number of rotatable bonds is 22. The van der Waals surface area contributed by atoms with Crippen LogP contribution >= 0.6 is 0 Å². The molecule has 0 unspecified atom stereocenters. The number of ketones is 1. The van der Waals surface area contributed by atoms with Gasteiger partial charge in [-0.15, -0.1) is 0 Å². The minimum atomic E-state index is 0.461. The first-order valence-corrected chi connectivity index (χ1v) is 13.9. The van der Waals surface area contributed by atoms with Gasteiger partial charge < -0.3 is 4.90 Å². The van der Waals surface area contributed by atoms with E-state index in [2.05, 4.69) is 43.1 Å². The van der Waals surface area contributed by atoms with Gasteiger partial charge in [0.2, 0.25) is 0 Å². The minimum absolute atomic E-state index is 0.461. The molecule has 1 heterocycles. The van der Waals surface area contributed by atoms with Crippen molar-refractivity contribution >= 4 is 11.6 Å². The van der Waals surface area contributed by atoms with Crippen molar-refractivity contribution in [1.82, 2.24) is 4.90 Å². The zero-order valence-corrected chi connectivity index (χ0v) is 21.5. The van der Waals surface area contributed by atoms with E-state index in [4.69, 9.17) is 4.99 Å². The van der Waals surface area contributed by atoms with Gasteiger partial charge in [0.1, 0.15) is 5.78 Å². The number of aliphatic imine (C=N–C) groups is 1. The van der Waals surface area contributed by atoms with Crippen molar-refractivity contribution in [1.29, 1.82) is 0 Å². The summed E-state index contributed by atoms with van der Waals surface area (Å²) in [6.45, 7) is 7.39. The second-order valence-corrected chi connectivity index (χ2v) is 9.30. The molecule has 0 atom stereocenters.